The Kier molecular flexibility index (Phi) is 3.18. The molecule has 1 aromatic carbocycles. The van der Waals surface area contributed by atoms with E-state index in [1.807, 2.05) is 0 Å². The smallest absolute Gasteiger partial charge is 0.418 e. The minimum absolute atomic E-state index is 0.111. The lowest BCUT2D eigenvalue weighted by atomic mass is 10.1. The molecular formula is C12H8F3NO2. The summed E-state index contributed by atoms with van der Waals surface area (Å²) in [5.74, 6) is 0. The van der Waals surface area contributed by atoms with Gasteiger partial charge in [0.15, 0.2) is 0 Å². The lowest BCUT2D eigenvalue weighted by Gasteiger charge is -2.11. The monoisotopic (exact) mass is 255 g/mol. The summed E-state index contributed by atoms with van der Waals surface area (Å²) in [5, 5.41) is 0.358. The summed E-state index contributed by atoms with van der Waals surface area (Å²) in [6.45, 7) is -0.00187. The Hall–Kier alpha value is -2.11. The zero-order valence-corrected chi connectivity index (χ0v) is 9.07. The summed E-state index contributed by atoms with van der Waals surface area (Å²) in [7, 11) is 0. The average Bonchev–Trinajstić information content (AvgIpc) is 2.34. The number of hydrogen-bond donors (Lipinski definition) is 0. The molecule has 1 aromatic heterocycles. The first-order valence-corrected chi connectivity index (χ1v) is 5.02. The number of carbonyl (C=O) groups is 1. The van der Waals surface area contributed by atoms with Crippen molar-refractivity contribution >= 4 is 17.4 Å². The van der Waals surface area contributed by atoms with Gasteiger partial charge in [-0.3, -0.25) is 9.78 Å². The van der Waals surface area contributed by atoms with Crippen LogP contribution in [0.25, 0.3) is 10.9 Å². The highest BCUT2D eigenvalue weighted by Crippen LogP contribution is 2.34. The van der Waals surface area contributed by atoms with E-state index in [0.29, 0.717) is 5.39 Å². The van der Waals surface area contributed by atoms with Crippen LogP contribution in [0.5, 0.6) is 0 Å². The quantitative estimate of drug-likeness (QED) is 0.791. The fraction of sp³-hybridized carbons (Fsp3) is 0.167. The van der Waals surface area contributed by atoms with Crippen molar-refractivity contribution in [3.63, 3.8) is 0 Å². The zero-order chi connectivity index (χ0) is 13.2. The van der Waals surface area contributed by atoms with Crippen molar-refractivity contribution in [1.29, 1.82) is 0 Å². The molecule has 0 saturated carbocycles. The van der Waals surface area contributed by atoms with Gasteiger partial charge in [-0.15, -0.1) is 0 Å². The van der Waals surface area contributed by atoms with Gasteiger partial charge in [0.1, 0.15) is 6.61 Å². The van der Waals surface area contributed by atoms with E-state index in [1.54, 1.807) is 6.07 Å². The number of hydrogen-bond acceptors (Lipinski definition) is 3. The summed E-state index contributed by atoms with van der Waals surface area (Å²) >= 11 is 0. The van der Waals surface area contributed by atoms with E-state index >= 15 is 0 Å². The molecule has 2 rings (SSSR count). The minimum Gasteiger partial charge on any atom is -0.463 e. The van der Waals surface area contributed by atoms with Crippen molar-refractivity contribution < 1.29 is 22.7 Å². The lowest BCUT2D eigenvalue weighted by Crippen LogP contribution is -2.08. The normalized spacial score (nSPS) is 11.5. The van der Waals surface area contributed by atoms with Crippen LogP contribution in [0.2, 0.25) is 0 Å². The molecule has 0 aliphatic rings. The second-order valence-corrected chi connectivity index (χ2v) is 3.62. The molecule has 2 aromatic rings. The maximum Gasteiger partial charge on any atom is 0.418 e. The first kappa shape index (κ1) is 12.3. The molecule has 6 heteroatoms. The van der Waals surface area contributed by atoms with E-state index in [4.69, 9.17) is 0 Å². The van der Waals surface area contributed by atoms with Crippen LogP contribution in [0.3, 0.4) is 0 Å². The molecule has 0 spiro atoms. The topological polar surface area (TPSA) is 39.2 Å². The third kappa shape index (κ3) is 2.42. The van der Waals surface area contributed by atoms with Crippen LogP contribution in [0.1, 0.15) is 11.1 Å². The van der Waals surface area contributed by atoms with Gasteiger partial charge in [-0.25, -0.2) is 0 Å². The number of alkyl halides is 3. The van der Waals surface area contributed by atoms with E-state index in [2.05, 4.69) is 9.72 Å². The number of halogens is 3. The van der Waals surface area contributed by atoms with Crippen molar-refractivity contribution in [2.45, 2.75) is 12.8 Å². The van der Waals surface area contributed by atoms with Gasteiger partial charge in [-0.2, -0.15) is 13.2 Å². The van der Waals surface area contributed by atoms with Crippen molar-refractivity contribution in [2.75, 3.05) is 0 Å². The van der Waals surface area contributed by atoms with Gasteiger partial charge in [-0.1, -0.05) is 6.07 Å². The number of rotatable bonds is 3. The van der Waals surface area contributed by atoms with Crippen LogP contribution in [-0.4, -0.2) is 11.5 Å². The summed E-state index contributed by atoms with van der Waals surface area (Å²) in [5.41, 5.74) is -0.667. The van der Waals surface area contributed by atoms with Crippen LogP contribution in [0.4, 0.5) is 13.2 Å². The highest BCUT2D eigenvalue weighted by atomic mass is 19.4. The van der Waals surface area contributed by atoms with E-state index < -0.39 is 11.7 Å². The number of pyridine rings is 1. The van der Waals surface area contributed by atoms with Crippen LogP contribution < -0.4 is 0 Å². The molecule has 0 amide bonds. The molecule has 0 saturated heterocycles. The molecule has 0 unspecified atom stereocenters. The van der Waals surface area contributed by atoms with Gasteiger partial charge in [0.2, 0.25) is 0 Å². The van der Waals surface area contributed by atoms with Crippen LogP contribution in [0.15, 0.2) is 30.5 Å². The number of carbonyl (C=O) groups excluding carboxylic acids is 1. The Morgan fingerprint density at radius 1 is 1.33 bits per heavy atom. The molecule has 18 heavy (non-hydrogen) atoms. The Bertz CT molecular complexity index is 581. The highest BCUT2D eigenvalue weighted by Gasteiger charge is 2.33. The van der Waals surface area contributed by atoms with Crippen LogP contribution in [-0.2, 0) is 22.3 Å². The summed E-state index contributed by atoms with van der Waals surface area (Å²) in [4.78, 5) is 13.8. The van der Waals surface area contributed by atoms with E-state index in [1.165, 1.54) is 18.3 Å². The second kappa shape index (κ2) is 4.64. The molecule has 0 fully saturated rings. The number of nitrogens with zero attached hydrogens (tertiary/aromatic N) is 1. The summed E-state index contributed by atoms with van der Waals surface area (Å²) in [6, 6.07) is 5.54. The van der Waals surface area contributed by atoms with Gasteiger partial charge >= 0.3 is 6.18 Å². The maximum atomic E-state index is 12.9. The predicted molar refractivity (Wildman–Crippen MR) is 57.6 cm³/mol. The third-order valence-electron chi connectivity index (χ3n) is 2.39. The molecule has 0 radical (unpaired) electrons. The molecule has 1 heterocycles. The van der Waals surface area contributed by atoms with Gasteiger partial charge < -0.3 is 4.74 Å². The van der Waals surface area contributed by atoms with Gasteiger partial charge in [0.05, 0.1) is 11.1 Å². The fourth-order valence-electron chi connectivity index (χ4n) is 1.68. The largest absolute Gasteiger partial charge is 0.463 e. The summed E-state index contributed by atoms with van der Waals surface area (Å²) < 4.78 is 43.1. The highest BCUT2D eigenvalue weighted by molar-refractivity contribution is 5.83. The number of benzene rings is 1. The van der Waals surface area contributed by atoms with Crippen molar-refractivity contribution in [2.24, 2.45) is 0 Å². The summed E-state index contributed by atoms with van der Waals surface area (Å²) in [6.07, 6.45) is -3.19. The number of fused-ring (bicyclic) bond motifs is 1. The predicted octanol–water partition coefficient (Wildman–Crippen LogP) is 2.93. The van der Waals surface area contributed by atoms with Crippen molar-refractivity contribution in [1.82, 2.24) is 4.98 Å². The molecule has 0 aliphatic heterocycles. The fourth-order valence-corrected chi connectivity index (χ4v) is 1.68. The second-order valence-electron chi connectivity index (χ2n) is 3.62. The molecule has 0 atom stereocenters. The molecule has 0 aliphatic carbocycles. The molecule has 3 nitrogen and oxygen atoms in total. The van der Waals surface area contributed by atoms with E-state index in [9.17, 15) is 18.0 Å². The maximum absolute atomic E-state index is 12.9. The average molecular weight is 255 g/mol. The number of ether oxygens (including phenoxy) is 1. The zero-order valence-electron chi connectivity index (χ0n) is 9.07. The first-order valence-electron chi connectivity index (χ1n) is 5.02. The first-order chi connectivity index (χ1) is 8.52. The van der Waals surface area contributed by atoms with Crippen molar-refractivity contribution in [3.05, 3.63) is 41.6 Å². The van der Waals surface area contributed by atoms with Gasteiger partial charge in [-0.05, 0) is 23.8 Å². The lowest BCUT2D eigenvalue weighted by molar-refractivity contribution is -0.136. The van der Waals surface area contributed by atoms with Crippen LogP contribution in [0, 0.1) is 0 Å². The molecule has 0 bridgehead atoms. The van der Waals surface area contributed by atoms with Gasteiger partial charge in [0.25, 0.3) is 6.47 Å². The Morgan fingerprint density at radius 3 is 2.78 bits per heavy atom. The SMILES string of the molecule is O=COCc1cc(C(F)(F)F)c2ncccc2c1. The standard InChI is InChI=1S/C12H8F3NO2/c13-12(14,15)10-5-8(6-18-7-17)4-9-2-1-3-16-11(9)10/h1-5,7H,6H2. The minimum atomic E-state index is -4.50. The van der Waals surface area contributed by atoms with Crippen molar-refractivity contribution in [3.8, 4) is 0 Å². The number of aromatic nitrogens is 1. The Labute approximate surface area is 100 Å². The Balaban J connectivity index is 2.61. The molecule has 0 N–H and O–H groups in total. The van der Waals surface area contributed by atoms with E-state index in [-0.39, 0.29) is 24.2 Å². The third-order valence-corrected chi connectivity index (χ3v) is 2.39. The molecular weight excluding hydrogens is 247 g/mol. The Morgan fingerprint density at radius 2 is 2.11 bits per heavy atom. The van der Waals surface area contributed by atoms with Gasteiger partial charge in [0, 0.05) is 11.6 Å². The van der Waals surface area contributed by atoms with E-state index in [0.717, 1.165) is 6.07 Å². The molecule has 94 valence electrons. The van der Waals surface area contributed by atoms with Crippen LogP contribution >= 0.6 is 0 Å².